The van der Waals surface area contributed by atoms with E-state index in [1.807, 2.05) is 18.2 Å². The van der Waals surface area contributed by atoms with Gasteiger partial charge in [-0.1, -0.05) is 261 Å². The Bertz CT molecular complexity index is 2680. The summed E-state index contributed by atoms with van der Waals surface area (Å²) in [5.74, 6) is 0. The maximum atomic E-state index is 2.31. The van der Waals surface area contributed by atoms with E-state index in [0.717, 1.165) is 44.9 Å². The van der Waals surface area contributed by atoms with Crippen LogP contribution in [0.4, 0.5) is 17.1 Å². The molecule has 0 aliphatic heterocycles. The molecule has 0 heterocycles. The lowest BCUT2D eigenvalue weighted by atomic mass is 10.1. The van der Waals surface area contributed by atoms with Crippen molar-refractivity contribution in [3.63, 3.8) is 0 Å². The number of benzene rings is 8. The van der Waals surface area contributed by atoms with Crippen LogP contribution >= 0.6 is 0 Å². The summed E-state index contributed by atoms with van der Waals surface area (Å²) in [5, 5.41) is 0. The van der Waals surface area contributed by atoms with E-state index in [4.69, 9.17) is 0 Å². The summed E-state index contributed by atoms with van der Waals surface area (Å²) in [7, 11) is 0. The van der Waals surface area contributed by atoms with E-state index in [1.165, 1.54) is 27.8 Å². The lowest BCUT2D eigenvalue weighted by Crippen LogP contribution is -2.09. The van der Waals surface area contributed by atoms with Gasteiger partial charge in [0, 0.05) is 17.1 Å². The predicted octanol–water partition coefficient (Wildman–Crippen LogP) is 17.1. The third-order valence-corrected chi connectivity index (χ3v) is 10.5. The highest BCUT2D eigenvalue weighted by Crippen LogP contribution is 2.35. The number of anilines is 3. The van der Waals surface area contributed by atoms with Gasteiger partial charge in [-0.3, -0.25) is 0 Å². The number of nitrogens with zero attached hydrogens (tertiary/aromatic N) is 1. The summed E-state index contributed by atoms with van der Waals surface area (Å²) < 4.78 is 0. The van der Waals surface area contributed by atoms with Gasteiger partial charge in [-0.2, -0.15) is 0 Å². The molecule has 0 aliphatic carbocycles. The zero-order valence-electron chi connectivity index (χ0n) is 35.2. The Morgan fingerprint density at radius 1 is 0.175 bits per heavy atom. The molecule has 8 aromatic rings. The van der Waals surface area contributed by atoms with Crippen LogP contribution in [0.25, 0.3) is 60.8 Å². The Labute approximate surface area is 373 Å². The first-order valence-electron chi connectivity index (χ1n) is 21.4. The molecule has 0 fully saturated rings. The molecular formula is C62H49N. The van der Waals surface area contributed by atoms with E-state index in [2.05, 4.69) is 284 Å². The Morgan fingerprint density at radius 2 is 0.349 bits per heavy atom. The molecule has 0 atom stereocenters. The maximum absolute atomic E-state index is 2.31. The quantitative estimate of drug-likeness (QED) is 0.0737. The number of hydrogen-bond donors (Lipinski definition) is 0. The van der Waals surface area contributed by atoms with Crippen molar-refractivity contribution in [3.8, 4) is 0 Å². The standard InChI is InChI=1S/C62H49N/c1-4-14-50(15-5-1)20-10-12-22-53-25-30-55(31-26-53)34-36-58-40-46-61(47-41-58)63(60-44-38-57(39-45-60)29-24-52-18-8-3-9-19-52)62-48-42-59(43-49-62)37-35-56-32-27-54(28-33-56)23-13-11-21-51-16-6-2-7-17-51/h1-49H/b20-10+,21-11+,22-12+,23-13+,29-24+,36-34+,37-35+. The number of hydrogen-bond acceptors (Lipinski definition) is 1. The van der Waals surface area contributed by atoms with E-state index >= 15 is 0 Å². The average molecular weight is 808 g/mol. The number of rotatable bonds is 15. The molecule has 0 unspecified atom stereocenters. The Morgan fingerprint density at radius 3 is 0.587 bits per heavy atom. The van der Waals surface area contributed by atoms with Gasteiger partial charge >= 0.3 is 0 Å². The first-order chi connectivity index (χ1) is 31.2. The SMILES string of the molecule is C(/C=C/c1ccc(/C=C/c2ccc(N(c3ccc(/C=C/c4ccccc4)cc3)c3ccc(/C=C/c4ccc(/C=C/C=C/c5ccccc5)cc4)cc3)cc2)cc1)=C\c1ccccc1. The van der Waals surface area contributed by atoms with E-state index in [0.29, 0.717) is 0 Å². The minimum Gasteiger partial charge on any atom is -0.311 e. The minimum absolute atomic E-state index is 1.09. The summed E-state index contributed by atoms with van der Waals surface area (Å²) in [5.41, 5.74) is 14.9. The fraction of sp³-hybridized carbons (Fsp3) is 0. The van der Waals surface area contributed by atoms with Crippen molar-refractivity contribution in [3.05, 3.63) is 292 Å². The first-order valence-corrected chi connectivity index (χ1v) is 21.4. The molecule has 1 nitrogen and oxygen atoms in total. The highest BCUT2D eigenvalue weighted by Gasteiger charge is 2.12. The molecule has 63 heavy (non-hydrogen) atoms. The van der Waals surface area contributed by atoms with Gasteiger partial charge < -0.3 is 4.90 Å². The van der Waals surface area contributed by atoms with Gasteiger partial charge in [0.05, 0.1) is 0 Å². The second kappa shape index (κ2) is 21.8. The smallest absolute Gasteiger partial charge is 0.0462 e. The van der Waals surface area contributed by atoms with Crippen LogP contribution < -0.4 is 4.90 Å². The van der Waals surface area contributed by atoms with Crippen molar-refractivity contribution < 1.29 is 0 Å². The van der Waals surface area contributed by atoms with Gasteiger partial charge in [-0.25, -0.2) is 0 Å². The van der Waals surface area contributed by atoms with E-state index in [1.54, 1.807) is 0 Å². The molecule has 0 amide bonds. The summed E-state index contributed by atoms with van der Waals surface area (Å²) in [6.07, 6.45) is 29.8. The third-order valence-electron chi connectivity index (χ3n) is 10.5. The molecule has 1 heteroatoms. The van der Waals surface area contributed by atoms with Crippen molar-refractivity contribution in [2.75, 3.05) is 4.90 Å². The normalized spacial score (nSPS) is 12.0. The molecule has 0 bridgehead atoms. The van der Waals surface area contributed by atoms with Gasteiger partial charge in [-0.15, -0.1) is 0 Å². The van der Waals surface area contributed by atoms with E-state index < -0.39 is 0 Å². The molecule has 0 saturated carbocycles. The van der Waals surface area contributed by atoms with Crippen LogP contribution in [0.5, 0.6) is 0 Å². The first kappa shape index (κ1) is 41.5. The second-order valence-electron chi connectivity index (χ2n) is 15.1. The average Bonchev–Trinajstić information content (AvgIpc) is 3.35. The second-order valence-corrected chi connectivity index (χ2v) is 15.1. The van der Waals surface area contributed by atoms with Gasteiger partial charge in [0.1, 0.15) is 0 Å². The topological polar surface area (TPSA) is 3.24 Å². The fourth-order valence-electron chi connectivity index (χ4n) is 7.02. The van der Waals surface area contributed by atoms with Crippen LogP contribution in [0.15, 0.2) is 237 Å². The summed E-state index contributed by atoms with van der Waals surface area (Å²) >= 11 is 0. The summed E-state index contributed by atoms with van der Waals surface area (Å²) in [4.78, 5) is 2.31. The van der Waals surface area contributed by atoms with Crippen molar-refractivity contribution in [2.45, 2.75) is 0 Å². The lowest BCUT2D eigenvalue weighted by Gasteiger charge is -2.26. The molecule has 0 saturated heterocycles. The highest BCUT2D eigenvalue weighted by atomic mass is 15.1. The van der Waals surface area contributed by atoms with Gasteiger partial charge in [0.2, 0.25) is 0 Å². The van der Waals surface area contributed by atoms with Gasteiger partial charge in [0.25, 0.3) is 0 Å². The van der Waals surface area contributed by atoms with Crippen LogP contribution in [0.2, 0.25) is 0 Å². The Hall–Kier alpha value is -8.26. The highest BCUT2D eigenvalue weighted by molar-refractivity contribution is 5.81. The Kier molecular flexibility index (Phi) is 14.4. The molecular weight excluding hydrogens is 759 g/mol. The largest absolute Gasteiger partial charge is 0.311 e. The van der Waals surface area contributed by atoms with Crippen molar-refractivity contribution in [1.29, 1.82) is 0 Å². The molecule has 0 aliphatic rings. The van der Waals surface area contributed by atoms with Crippen LogP contribution in [0.1, 0.15) is 55.6 Å². The van der Waals surface area contributed by atoms with Gasteiger partial charge in [-0.05, 0) is 92.0 Å². The summed E-state index contributed by atoms with van der Waals surface area (Å²) in [6, 6.07) is 74.6. The van der Waals surface area contributed by atoms with Crippen LogP contribution in [-0.2, 0) is 0 Å². The predicted molar refractivity (Wildman–Crippen MR) is 276 cm³/mol. The minimum atomic E-state index is 1.09. The molecule has 8 rings (SSSR count). The lowest BCUT2D eigenvalue weighted by molar-refractivity contribution is 1.28. The monoisotopic (exact) mass is 807 g/mol. The fourth-order valence-corrected chi connectivity index (χ4v) is 7.02. The zero-order valence-corrected chi connectivity index (χ0v) is 35.2. The van der Waals surface area contributed by atoms with Crippen LogP contribution in [0, 0.1) is 0 Å². The third kappa shape index (κ3) is 12.6. The van der Waals surface area contributed by atoms with Crippen LogP contribution in [-0.4, -0.2) is 0 Å². The van der Waals surface area contributed by atoms with E-state index in [-0.39, 0.29) is 0 Å². The Balaban J connectivity index is 0.952. The molecule has 0 spiro atoms. The van der Waals surface area contributed by atoms with Crippen molar-refractivity contribution in [2.24, 2.45) is 0 Å². The molecule has 0 radical (unpaired) electrons. The molecule has 0 N–H and O–H groups in total. The van der Waals surface area contributed by atoms with Gasteiger partial charge in [0.15, 0.2) is 0 Å². The maximum Gasteiger partial charge on any atom is 0.0462 e. The molecule has 8 aromatic carbocycles. The van der Waals surface area contributed by atoms with Crippen LogP contribution in [0.3, 0.4) is 0 Å². The number of allylic oxidation sites excluding steroid dienone is 4. The summed E-state index contributed by atoms with van der Waals surface area (Å²) in [6.45, 7) is 0. The zero-order chi connectivity index (χ0) is 42.7. The van der Waals surface area contributed by atoms with Crippen molar-refractivity contribution in [1.82, 2.24) is 0 Å². The van der Waals surface area contributed by atoms with E-state index in [9.17, 15) is 0 Å². The molecule has 302 valence electrons. The van der Waals surface area contributed by atoms with Crippen molar-refractivity contribution >= 4 is 77.8 Å². The molecule has 0 aromatic heterocycles.